The molecule has 0 amide bonds. The monoisotopic (exact) mass is 213 g/mol. The molecule has 1 heterocycles. The van der Waals surface area contributed by atoms with Gasteiger partial charge in [0, 0.05) is 13.3 Å². The molecular formula is C9H15N3O3. The Labute approximate surface area is 88.0 Å². The van der Waals surface area contributed by atoms with Gasteiger partial charge in [0.1, 0.15) is 0 Å². The maximum absolute atomic E-state index is 11.2. The van der Waals surface area contributed by atoms with Gasteiger partial charge in [0.25, 0.3) is 0 Å². The fourth-order valence-corrected chi connectivity index (χ4v) is 1.20. The lowest BCUT2D eigenvalue weighted by Crippen LogP contribution is -2.13. The first-order valence-corrected chi connectivity index (χ1v) is 4.52. The highest BCUT2D eigenvalue weighted by molar-refractivity contribution is 5.92. The number of rotatable bonds is 4. The Morgan fingerprint density at radius 3 is 2.87 bits per heavy atom. The molecule has 0 aromatic carbocycles. The zero-order chi connectivity index (χ0) is 11.4. The topological polar surface area (TPSA) is 79.4 Å². The predicted octanol–water partition coefficient (Wildman–Crippen LogP) is 0.459. The molecule has 0 aliphatic heterocycles. The summed E-state index contributed by atoms with van der Waals surface area (Å²) in [5.74, 6) is -0.532. The first-order valence-electron chi connectivity index (χ1n) is 4.52. The van der Waals surface area contributed by atoms with Crippen molar-refractivity contribution in [3.8, 4) is 0 Å². The van der Waals surface area contributed by atoms with Crippen LogP contribution in [0.15, 0.2) is 6.20 Å². The molecule has 0 aliphatic carbocycles. The number of hydrogen-bond acceptors (Lipinski definition) is 5. The zero-order valence-corrected chi connectivity index (χ0v) is 9.06. The molecule has 0 radical (unpaired) electrons. The maximum Gasteiger partial charge on any atom is 0.360 e. The van der Waals surface area contributed by atoms with E-state index in [0.717, 1.165) is 0 Å². The van der Waals surface area contributed by atoms with Crippen LogP contribution in [0.2, 0.25) is 0 Å². The van der Waals surface area contributed by atoms with Gasteiger partial charge in [-0.15, -0.1) is 0 Å². The molecule has 0 bridgehead atoms. The van der Waals surface area contributed by atoms with Gasteiger partial charge < -0.3 is 15.2 Å². The number of carbonyl (C=O) groups excluding carboxylic acids is 1. The number of nitrogens with zero attached hydrogens (tertiary/aromatic N) is 2. The second-order valence-electron chi connectivity index (χ2n) is 3.21. The zero-order valence-electron chi connectivity index (χ0n) is 9.06. The number of methoxy groups -OCH3 is 2. The van der Waals surface area contributed by atoms with E-state index in [0.29, 0.717) is 12.3 Å². The first-order chi connectivity index (χ1) is 7.10. The minimum atomic E-state index is -0.532. The Bertz CT molecular complexity index is 348. The minimum absolute atomic E-state index is 0.0238. The number of ether oxygens (including phenoxy) is 2. The molecule has 6 nitrogen and oxygen atoms in total. The van der Waals surface area contributed by atoms with Crippen molar-refractivity contribution in [2.75, 3.05) is 26.6 Å². The van der Waals surface area contributed by atoms with Gasteiger partial charge in [-0.3, -0.25) is 4.68 Å². The van der Waals surface area contributed by atoms with Crippen molar-refractivity contribution in [3.05, 3.63) is 11.9 Å². The number of nitrogens with two attached hydrogens (primary N) is 1. The molecule has 1 aromatic rings. The van der Waals surface area contributed by atoms with E-state index in [9.17, 15) is 4.79 Å². The number of nitrogen functional groups attached to an aromatic ring is 1. The van der Waals surface area contributed by atoms with E-state index in [4.69, 9.17) is 10.5 Å². The molecule has 2 N–H and O–H groups in total. The van der Waals surface area contributed by atoms with Crippen LogP contribution in [0.5, 0.6) is 0 Å². The summed E-state index contributed by atoms with van der Waals surface area (Å²) in [6, 6.07) is 0.0238. The standard InChI is InChI=1S/C9H15N3O3/c1-6(5-14-2)12-4-7(10)8(11-12)9(13)15-3/h4,6H,5,10H2,1-3H3. The molecule has 0 saturated carbocycles. The Balaban J connectivity index is 2.90. The van der Waals surface area contributed by atoms with Crippen LogP contribution in [0.3, 0.4) is 0 Å². The number of anilines is 1. The van der Waals surface area contributed by atoms with Crippen molar-refractivity contribution in [1.29, 1.82) is 0 Å². The molecule has 84 valence electrons. The van der Waals surface area contributed by atoms with Gasteiger partial charge in [-0.05, 0) is 6.92 Å². The lowest BCUT2D eigenvalue weighted by Gasteiger charge is -2.09. The van der Waals surface area contributed by atoms with E-state index < -0.39 is 5.97 Å². The Hall–Kier alpha value is -1.56. The summed E-state index contributed by atoms with van der Waals surface area (Å²) in [7, 11) is 2.89. The molecule has 0 saturated heterocycles. The first kappa shape index (κ1) is 11.5. The normalized spacial score (nSPS) is 12.5. The van der Waals surface area contributed by atoms with Gasteiger partial charge in [0.05, 0.1) is 25.4 Å². The highest BCUT2D eigenvalue weighted by Crippen LogP contribution is 2.14. The summed E-state index contributed by atoms with van der Waals surface area (Å²) in [4.78, 5) is 11.2. The summed E-state index contributed by atoms with van der Waals surface area (Å²) >= 11 is 0. The lowest BCUT2D eigenvalue weighted by molar-refractivity contribution is 0.0593. The van der Waals surface area contributed by atoms with Crippen LogP contribution >= 0.6 is 0 Å². The van der Waals surface area contributed by atoms with Crippen molar-refractivity contribution >= 4 is 11.7 Å². The highest BCUT2D eigenvalue weighted by atomic mass is 16.5. The average molecular weight is 213 g/mol. The molecular weight excluding hydrogens is 198 g/mol. The minimum Gasteiger partial charge on any atom is -0.464 e. The van der Waals surface area contributed by atoms with Crippen molar-refractivity contribution < 1.29 is 14.3 Å². The van der Waals surface area contributed by atoms with Crippen LogP contribution < -0.4 is 5.73 Å². The molecule has 1 atom stereocenters. The molecule has 6 heteroatoms. The number of aromatic nitrogens is 2. The predicted molar refractivity (Wildman–Crippen MR) is 54.6 cm³/mol. The second-order valence-corrected chi connectivity index (χ2v) is 3.21. The van der Waals surface area contributed by atoms with E-state index in [1.165, 1.54) is 7.11 Å². The summed E-state index contributed by atoms with van der Waals surface area (Å²) in [5, 5.41) is 4.04. The molecule has 0 spiro atoms. The van der Waals surface area contributed by atoms with Crippen LogP contribution in [0, 0.1) is 0 Å². The van der Waals surface area contributed by atoms with Gasteiger partial charge in [-0.25, -0.2) is 4.79 Å². The fourth-order valence-electron chi connectivity index (χ4n) is 1.20. The second kappa shape index (κ2) is 4.79. The molecule has 1 rings (SSSR count). The van der Waals surface area contributed by atoms with Gasteiger partial charge in [-0.1, -0.05) is 0 Å². The lowest BCUT2D eigenvalue weighted by atomic mass is 10.3. The van der Waals surface area contributed by atoms with E-state index in [-0.39, 0.29) is 11.7 Å². The van der Waals surface area contributed by atoms with Crippen LogP contribution in [0.25, 0.3) is 0 Å². The van der Waals surface area contributed by atoms with Crippen LogP contribution in [0.4, 0.5) is 5.69 Å². The number of esters is 1. The third kappa shape index (κ3) is 2.47. The van der Waals surface area contributed by atoms with Gasteiger partial charge >= 0.3 is 5.97 Å². The summed E-state index contributed by atoms with van der Waals surface area (Å²) in [6.45, 7) is 2.42. The third-order valence-corrected chi connectivity index (χ3v) is 2.00. The Morgan fingerprint density at radius 2 is 2.33 bits per heavy atom. The molecule has 0 fully saturated rings. The van der Waals surface area contributed by atoms with Crippen LogP contribution in [-0.2, 0) is 9.47 Å². The van der Waals surface area contributed by atoms with Crippen molar-refractivity contribution in [2.24, 2.45) is 0 Å². The van der Waals surface area contributed by atoms with Crippen LogP contribution in [0.1, 0.15) is 23.5 Å². The summed E-state index contributed by atoms with van der Waals surface area (Å²) in [5.41, 5.74) is 6.08. The molecule has 1 unspecified atom stereocenters. The largest absolute Gasteiger partial charge is 0.464 e. The van der Waals surface area contributed by atoms with Gasteiger partial charge in [-0.2, -0.15) is 5.10 Å². The van der Waals surface area contributed by atoms with Crippen molar-refractivity contribution in [2.45, 2.75) is 13.0 Å². The van der Waals surface area contributed by atoms with Gasteiger partial charge in [0.2, 0.25) is 0 Å². The fraction of sp³-hybridized carbons (Fsp3) is 0.556. The summed E-state index contributed by atoms with van der Waals surface area (Å²) in [6.07, 6.45) is 1.59. The van der Waals surface area contributed by atoms with E-state index >= 15 is 0 Å². The highest BCUT2D eigenvalue weighted by Gasteiger charge is 2.17. The quantitative estimate of drug-likeness (QED) is 0.735. The Morgan fingerprint density at radius 1 is 1.67 bits per heavy atom. The SMILES string of the molecule is COCC(C)n1cc(N)c(C(=O)OC)n1. The Kier molecular flexibility index (Phi) is 3.68. The maximum atomic E-state index is 11.2. The van der Waals surface area contributed by atoms with E-state index in [1.54, 1.807) is 18.0 Å². The van der Waals surface area contributed by atoms with E-state index in [2.05, 4.69) is 9.84 Å². The molecule has 1 aromatic heterocycles. The van der Waals surface area contributed by atoms with Crippen molar-refractivity contribution in [3.63, 3.8) is 0 Å². The van der Waals surface area contributed by atoms with Crippen molar-refractivity contribution in [1.82, 2.24) is 9.78 Å². The third-order valence-electron chi connectivity index (χ3n) is 2.00. The molecule has 0 aliphatic rings. The smallest absolute Gasteiger partial charge is 0.360 e. The summed E-state index contributed by atoms with van der Waals surface area (Å²) < 4.78 is 11.1. The number of hydrogen-bond donors (Lipinski definition) is 1. The number of carbonyl (C=O) groups is 1. The van der Waals surface area contributed by atoms with Gasteiger partial charge in [0.15, 0.2) is 5.69 Å². The average Bonchev–Trinajstić information content (AvgIpc) is 2.60. The molecule has 15 heavy (non-hydrogen) atoms. The van der Waals surface area contributed by atoms with E-state index in [1.807, 2.05) is 6.92 Å². The van der Waals surface area contributed by atoms with Crippen LogP contribution in [-0.4, -0.2) is 36.6 Å².